The largest absolute Gasteiger partial charge is 0.463 e. The van der Waals surface area contributed by atoms with Crippen molar-refractivity contribution in [2.75, 3.05) is 6.61 Å². The summed E-state index contributed by atoms with van der Waals surface area (Å²) >= 11 is 0. The van der Waals surface area contributed by atoms with Gasteiger partial charge in [-0.25, -0.2) is 4.84 Å². The Balaban J connectivity index is 3.26. The normalized spacial score (nSPS) is 28.0. The molecule has 0 bridgehead atoms. The van der Waals surface area contributed by atoms with Crippen LogP contribution >= 0.6 is 0 Å². The molecule has 0 radical (unpaired) electrons. The van der Waals surface area contributed by atoms with Gasteiger partial charge >= 0.3 is 17.9 Å². The van der Waals surface area contributed by atoms with Gasteiger partial charge in [-0.05, 0) is 5.53 Å². The van der Waals surface area contributed by atoms with Crippen molar-refractivity contribution >= 4 is 17.9 Å². The van der Waals surface area contributed by atoms with Crippen molar-refractivity contribution in [3.05, 3.63) is 10.4 Å². The minimum Gasteiger partial charge on any atom is -0.463 e. The summed E-state index contributed by atoms with van der Waals surface area (Å²) in [7, 11) is 0. The van der Waals surface area contributed by atoms with Crippen LogP contribution in [0, 0.1) is 0 Å². The number of rotatable bonds is 7. The van der Waals surface area contributed by atoms with Gasteiger partial charge in [0.1, 0.15) is 18.8 Å². The van der Waals surface area contributed by atoms with Crippen LogP contribution in [0.15, 0.2) is 5.11 Å². The average Bonchev–Trinajstić information content (AvgIpc) is 2.49. The maximum atomic E-state index is 11.4. The van der Waals surface area contributed by atoms with E-state index in [9.17, 15) is 14.4 Å². The first-order valence-electron chi connectivity index (χ1n) is 7.17. The van der Waals surface area contributed by atoms with Gasteiger partial charge in [-0.2, -0.15) is 0 Å². The van der Waals surface area contributed by atoms with Gasteiger partial charge in [0.15, 0.2) is 18.5 Å². The van der Waals surface area contributed by atoms with Crippen molar-refractivity contribution in [1.29, 1.82) is 0 Å². The van der Waals surface area contributed by atoms with Crippen molar-refractivity contribution < 1.29 is 48.6 Å². The number of azide groups is 1. The van der Waals surface area contributed by atoms with E-state index in [1.165, 1.54) is 0 Å². The molecule has 1 fully saturated rings. The molecule has 1 aliphatic rings. The Hall–Kier alpha value is -2.48. The third-order valence-electron chi connectivity index (χ3n) is 3.05. The maximum Gasteiger partial charge on any atom is 0.303 e. The molecule has 1 saturated heterocycles. The van der Waals surface area contributed by atoms with E-state index in [2.05, 4.69) is 14.9 Å². The van der Waals surface area contributed by atoms with Gasteiger partial charge in [-0.1, -0.05) is 5.11 Å². The Morgan fingerprint density at radius 2 is 1.69 bits per heavy atom. The van der Waals surface area contributed by atoms with Crippen molar-refractivity contribution in [1.82, 2.24) is 5.39 Å². The number of carbonyl (C=O) groups excluding carboxylic acids is 3. The molecule has 0 aromatic rings. The molecule has 3 unspecified atom stereocenters. The van der Waals surface area contributed by atoms with Crippen molar-refractivity contribution in [3.8, 4) is 0 Å². The summed E-state index contributed by atoms with van der Waals surface area (Å²) in [5.74, 6) is -2.28. The maximum absolute atomic E-state index is 11.4. The first-order valence-corrected chi connectivity index (χ1v) is 7.17. The molecule has 1 heterocycles. The van der Waals surface area contributed by atoms with Crippen LogP contribution in [0.5, 0.6) is 0 Å². The first kappa shape index (κ1) is 21.6. The lowest BCUT2D eigenvalue weighted by molar-refractivity contribution is -0.533. The van der Waals surface area contributed by atoms with Gasteiger partial charge in [0.2, 0.25) is 0 Å². The zero-order valence-electron chi connectivity index (χ0n) is 14.0. The third kappa shape index (κ3) is 6.44. The van der Waals surface area contributed by atoms with Crippen LogP contribution < -0.4 is 0 Å². The number of nitrogens with zero attached hydrogens (tertiary/aromatic N) is 4. The zero-order valence-corrected chi connectivity index (χ0v) is 14.0. The number of ether oxygens (including phenoxy) is 4. The van der Waals surface area contributed by atoms with Crippen LogP contribution in [-0.2, 0) is 38.2 Å². The van der Waals surface area contributed by atoms with Crippen LogP contribution in [0.3, 0.4) is 0 Å². The summed E-state index contributed by atoms with van der Waals surface area (Å²) in [5.41, 5.74) is 8.72. The molecule has 2 N–H and O–H groups in total. The second-order valence-corrected chi connectivity index (χ2v) is 5.05. The van der Waals surface area contributed by atoms with E-state index in [1.807, 2.05) is 0 Å². The van der Waals surface area contributed by atoms with E-state index in [4.69, 9.17) is 34.9 Å². The Bertz CT molecular complexity index is 578. The lowest BCUT2D eigenvalue weighted by Gasteiger charge is -2.42. The lowest BCUT2D eigenvalue weighted by Crippen LogP contribution is -2.61. The van der Waals surface area contributed by atoms with Gasteiger partial charge in [0.05, 0.1) is 5.39 Å². The highest BCUT2D eigenvalue weighted by atomic mass is 17.1. The molecule has 5 atom stereocenters. The molecule has 0 aromatic heterocycles. The summed E-state index contributed by atoms with van der Waals surface area (Å²) < 4.78 is 20.3. The number of hydrogen-bond donors (Lipinski definition) is 2. The zero-order chi connectivity index (χ0) is 19.9. The van der Waals surface area contributed by atoms with Crippen LogP contribution in [0.2, 0.25) is 0 Å². The molecule has 0 aliphatic carbocycles. The van der Waals surface area contributed by atoms with Crippen LogP contribution in [0.25, 0.3) is 10.4 Å². The minimum atomic E-state index is -1.67. The molecule has 0 saturated carbocycles. The van der Waals surface area contributed by atoms with E-state index in [-0.39, 0.29) is 0 Å². The summed E-state index contributed by atoms with van der Waals surface area (Å²) in [4.78, 5) is 41.0. The predicted octanol–water partition coefficient (Wildman–Crippen LogP) is -0.171. The Morgan fingerprint density at radius 1 is 1.12 bits per heavy atom. The molecule has 1 rings (SSSR count). The fraction of sp³-hybridized carbons (Fsp3) is 0.750. The number of esters is 3. The van der Waals surface area contributed by atoms with Gasteiger partial charge in [0, 0.05) is 25.7 Å². The quantitative estimate of drug-likeness (QED) is 0.149. The molecule has 14 heteroatoms. The SMILES string of the molecule is CC(=O)OCC1O[C@@H](ON(O)O)C(N=[N+]=[N-])C(OC(C)=O)[C@@H]1OC(C)=O. The van der Waals surface area contributed by atoms with E-state index in [0.717, 1.165) is 20.8 Å². The fourth-order valence-corrected chi connectivity index (χ4v) is 2.25. The molecular formula is C12H18N4O10. The van der Waals surface area contributed by atoms with Gasteiger partial charge in [0.25, 0.3) is 0 Å². The Labute approximate surface area is 146 Å². The van der Waals surface area contributed by atoms with Crippen LogP contribution in [-0.4, -0.2) is 71.0 Å². The highest BCUT2D eigenvalue weighted by Crippen LogP contribution is 2.30. The van der Waals surface area contributed by atoms with Crippen molar-refractivity contribution in [3.63, 3.8) is 0 Å². The van der Waals surface area contributed by atoms with Gasteiger partial charge < -0.3 is 18.9 Å². The summed E-state index contributed by atoms with van der Waals surface area (Å²) in [6.45, 7) is 2.79. The second-order valence-electron chi connectivity index (χ2n) is 5.05. The molecule has 0 amide bonds. The second kappa shape index (κ2) is 9.86. The highest BCUT2D eigenvalue weighted by molar-refractivity contribution is 5.68. The molecule has 1 aliphatic heterocycles. The molecular weight excluding hydrogens is 360 g/mol. The third-order valence-corrected chi connectivity index (χ3v) is 3.05. The Morgan fingerprint density at radius 3 is 2.15 bits per heavy atom. The topological polar surface area (TPSA) is 190 Å². The van der Waals surface area contributed by atoms with Gasteiger partial charge in [-0.3, -0.25) is 24.8 Å². The van der Waals surface area contributed by atoms with Crippen molar-refractivity contribution in [2.24, 2.45) is 5.11 Å². The number of carbonyl (C=O) groups is 3. The molecule has 146 valence electrons. The van der Waals surface area contributed by atoms with E-state index in [0.29, 0.717) is 0 Å². The van der Waals surface area contributed by atoms with Crippen LogP contribution in [0.1, 0.15) is 20.8 Å². The van der Waals surface area contributed by atoms with Crippen molar-refractivity contribution in [2.45, 2.75) is 51.4 Å². The highest BCUT2D eigenvalue weighted by Gasteiger charge is 2.51. The first-order chi connectivity index (χ1) is 12.1. The smallest absolute Gasteiger partial charge is 0.303 e. The van der Waals surface area contributed by atoms with Crippen LogP contribution in [0.4, 0.5) is 0 Å². The minimum absolute atomic E-state index is 0.454. The summed E-state index contributed by atoms with van der Waals surface area (Å²) in [5, 5.41) is 20.3. The number of hydrogen-bond acceptors (Lipinski definition) is 12. The molecule has 0 spiro atoms. The lowest BCUT2D eigenvalue weighted by atomic mass is 9.97. The van der Waals surface area contributed by atoms with E-state index in [1.54, 1.807) is 0 Å². The monoisotopic (exact) mass is 378 g/mol. The van der Waals surface area contributed by atoms with E-state index >= 15 is 0 Å². The molecule has 14 nitrogen and oxygen atoms in total. The molecule has 26 heavy (non-hydrogen) atoms. The summed E-state index contributed by atoms with van der Waals surface area (Å²) in [6, 6.07) is -1.47. The fourth-order valence-electron chi connectivity index (χ4n) is 2.25. The van der Waals surface area contributed by atoms with Gasteiger partial charge in [-0.15, -0.1) is 0 Å². The average molecular weight is 378 g/mol. The summed E-state index contributed by atoms with van der Waals surface area (Å²) in [6.07, 6.45) is -5.66. The van der Waals surface area contributed by atoms with E-state index < -0.39 is 60.5 Å². The standard InChI is InChI=1S/C12H18N4O10/c1-5(17)22-4-8-10(23-6(2)18)11(24-7(3)19)9(14-15-13)12(25-8)26-16(20)21/h8-12,20-21H,4H2,1-3H3/t8?,9?,10-,11?,12+/m1/s1. The molecule has 0 aromatic carbocycles. The predicted molar refractivity (Wildman–Crippen MR) is 75.8 cm³/mol. The Kier molecular flexibility index (Phi) is 8.18.